The van der Waals surface area contributed by atoms with Crippen LogP contribution in [0.1, 0.15) is 116 Å². The molecule has 5 aliphatic rings. The molecule has 3 aliphatic carbocycles. The highest BCUT2D eigenvalue weighted by atomic mass is 16.5. The van der Waals surface area contributed by atoms with E-state index in [1.54, 1.807) is 7.11 Å². The van der Waals surface area contributed by atoms with Crippen LogP contribution in [0.5, 0.6) is 0 Å². The van der Waals surface area contributed by atoms with E-state index in [9.17, 15) is 29.7 Å². The minimum Gasteiger partial charge on any atom is -0.393 e. The molecule has 4 fully saturated rings. The lowest BCUT2D eigenvalue weighted by Gasteiger charge is -2.41. The first-order valence-electron chi connectivity index (χ1n) is 19.9. The summed E-state index contributed by atoms with van der Waals surface area (Å²) >= 11 is 0. The van der Waals surface area contributed by atoms with Crippen molar-refractivity contribution in [1.82, 2.24) is 10.6 Å². The molecule has 14 unspecified atom stereocenters. The van der Waals surface area contributed by atoms with Gasteiger partial charge in [-0.05, 0) is 126 Å². The Kier molecular flexibility index (Phi) is 15.3. The maximum atomic E-state index is 13.6. The van der Waals surface area contributed by atoms with E-state index in [4.69, 9.17) is 10.5 Å². The van der Waals surface area contributed by atoms with E-state index >= 15 is 0 Å². The quantitative estimate of drug-likeness (QED) is 0.0847. The zero-order chi connectivity index (χ0) is 35.6. The lowest BCUT2D eigenvalue weighted by molar-refractivity contribution is -0.125. The smallest absolute Gasteiger partial charge is 0.150 e. The number of hydrogen-bond donors (Lipinski definition) is 6. The molecule has 10 heteroatoms. The molecule has 7 N–H and O–H groups in total. The van der Waals surface area contributed by atoms with Gasteiger partial charge in [0.15, 0.2) is 0 Å². The Morgan fingerprint density at radius 2 is 1.80 bits per heavy atom. The van der Waals surface area contributed by atoms with Crippen molar-refractivity contribution in [3.05, 3.63) is 0 Å². The van der Waals surface area contributed by atoms with Crippen LogP contribution >= 0.6 is 0 Å². The number of nitrogens with one attached hydrogen (secondary N) is 2. The predicted octanol–water partition coefficient (Wildman–Crippen LogP) is 3.28. The van der Waals surface area contributed by atoms with E-state index < -0.39 is 24.2 Å². The van der Waals surface area contributed by atoms with E-state index in [0.717, 1.165) is 57.9 Å². The van der Waals surface area contributed by atoms with Gasteiger partial charge in [0, 0.05) is 44.8 Å². The number of aldehydes is 1. The fourth-order valence-corrected chi connectivity index (χ4v) is 10.2. The van der Waals surface area contributed by atoms with Crippen LogP contribution in [-0.2, 0) is 19.1 Å². The van der Waals surface area contributed by atoms with Crippen molar-refractivity contribution in [2.45, 2.75) is 152 Å². The number of aliphatic hydroxyl groups is 3. The van der Waals surface area contributed by atoms with Gasteiger partial charge in [-0.2, -0.15) is 0 Å². The molecule has 0 radical (unpaired) electrons. The highest BCUT2D eigenvalue weighted by molar-refractivity contribution is 5.84. The van der Waals surface area contributed by atoms with Gasteiger partial charge in [-0.25, -0.2) is 0 Å². The number of aliphatic hydroxyl groups excluding tert-OH is 3. The Morgan fingerprint density at radius 3 is 2.58 bits per heavy atom. The number of ketones is 2. The van der Waals surface area contributed by atoms with Gasteiger partial charge in [0.1, 0.15) is 23.8 Å². The average Bonchev–Trinajstić information content (AvgIpc) is 3.16. The van der Waals surface area contributed by atoms with Gasteiger partial charge in [0.2, 0.25) is 0 Å². The first kappa shape index (κ1) is 39.5. The van der Waals surface area contributed by atoms with Gasteiger partial charge in [-0.15, -0.1) is 0 Å². The molecule has 0 amide bonds. The Morgan fingerprint density at radius 1 is 0.980 bits per heavy atom. The van der Waals surface area contributed by atoms with Crippen LogP contribution < -0.4 is 16.4 Å². The maximum Gasteiger partial charge on any atom is 0.150 e. The number of unbranched alkanes of at least 4 members (excludes halogenated alkanes) is 1. The summed E-state index contributed by atoms with van der Waals surface area (Å²) < 4.78 is 5.63. The molecule has 2 heterocycles. The van der Waals surface area contributed by atoms with E-state index in [0.29, 0.717) is 100 Å². The van der Waals surface area contributed by atoms with Gasteiger partial charge in [0.25, 0.3) is 0 Å². The number of Topliss-reactive ketones (excluding diaryl/α,β-unsaturated/α-hetero) is 2. The number of carbonyl (C=O) groups excluding carboxylic acids is 3. The number of ether oxygens (including phenoxy) is 1. The molecule has 0 spiro atoms. The largest absolute Gasteiger partial charge is 0.393 e. The highest BCUT2D eigenvalue weighted by Gasteiger charge is 2.41. The van der Waals surface area contributed by atoms with Gasteiger partial charge >= 0.3 is 0 Å². The fourth-order valence-electron chi connectivity index (χ4n) is 10.2. The molecule has 10 nitrogen and oxygen atoms in total. The van der Waals surface area contributed by atoms with Crippen LogP contribution in [0.2, 0.25) is 0 Å². The van der Waals surface area contributed by atoms with Crippen molar-refractivity contribution >= 4 is 17.9 Å². The monoisotopic (exact) mass is 699 g/mol. The number of hydrogen-bond acceptors (Lipinski definition) is 10. The van der Waals surface area contributed by atoms with Gasteiger partial charge in [-0.3, -0.25) is 9.59 Å². The Balaban J connectivity index is 1.19. The van der Waals surface area contributed by atoms with E-state index in [2.05, 4.69) is 22.5 Å². The van der Waals surface area contributed by atoms with Crippen LogP contribution in [0.3, 0.4) is 0 Å². The number of nitrogens with two attached hydrogens (primary N) is 1. The van der Waals surface area contributed by atoms with Crippen molar-refractivity contribution < 1.29 is 34.4 Å². The summed E-state index contributed by atoms with van der Waals surface area (Å²) in [4.78, 5) is 37.0. The SMILES string of the molecule is COC1CC2CCC(=O)C(C(O)CCCCC3CNC4CC(=O)CCC4C3)C#CC(CCC(O)CC(CC=O)C3CCNC(N)C3)C2CC1O. The molecule has 0 aromatic rings. The summed E-state index contributed by atoms with van der Waals surface area (Å²) in [6, 6.07) is 0.347. The maximum absolute atomic E-state index is 13.6. The molecule has 0 aromatic carbocycles. The second kappa shape index (κ2) is 19.4. The molecule has 282 valence electrons. The van der Waals surface area contributed by atoms with Crippen LogP contribution in [0.25, 0.3) is 0 Å². The number of fused-ring (bicyclic) bond motifs is 2. The molecule has 5 rings (SSSR count). The Hall–Kier alpha value is -1.71. The molecule has 0 bridgehead atoms. The van der Waals surface area contributed by atoms with E-state index in [1.807, 2.05) is 0 Å². The second-order valence-electron chi connectivity index (χ2n) is 16.6. The summed E-state index contributed by atoms with van der Waals surface area (Å²) in [5.74, 6) is 7.99. The van der Waals surface area contributed by atoms with E-state index in [-0.39, 0.29) is 41.7 Å². The molecular formula is C40H65N3O7. The third-order valence-corrected chi connectivity index (χ3v) is 13.2. The van der Waals surface area contributed by atoms with Gasteiger partial charge in [0.05, 0.1) is 30.6 Å². The highest BCUT2D eigenvalue weighted by Crippen LogP contribution is 2.42. The van der Waals surface area contributed by atoms with Gasteiger partial charge < -0.3 is 41.2 Å². The van der Waals surface area contributed by atoms with Crippen molar-refractivity contribution in [3.63, 3.8) is 0 Å². The topological polar surface area (TPSA) is 171 Å². The lowest BCUT2D eigenvalue weighted by atomic mass is 9.67. The number of piperidine rings is 2. The minimum atomic E-state index is -0.822. The Labute approximate surface area is 299 Å². The molecule has 0 aromatic heterocycles. The zero-order valence-electron chi connectivity index (χ0n) is 30.4. The second-order valence-corrected chi connectivity index (χ2v) is 16.6. The van der Waals surface area contributed by atoms with Crippen LogP contribution in [0.4, 0.5) is 0 Å². The molecular weight excluding hydrogens is 634 g/mol. The minimum absolute atomic E-state index is 0.00391. The van der Waals surface area contributed by atoms with Crippen molar-refractivity contribution in [2.24, 2.45) is 53.1 Å². The molecule has 14 atom stereocenters. The van der Waals surface area contributed by atoms with Crippen LogP contribution in [0, 0.1) is 59.2 Å². The van der Waals surface area contributed by atoms with Crippen molar-refractivity contribution in [1.29, 1.82) is 0 Å². The summed E-state index contributed by atoms with van der Waals surface area (Å²) in [7, 11) is 1.62. The molecule has 2 saturated carbocycles. The zero-order valence-corrected chi connectivity index (χ0v) is 30.4. The van der Waals surface area contributed by atoms with Crippen molar-refractivity contribution in [3.8, 4) is 11.8 Å². The summed E-state index contributed by atoms with van der Waals surface area (Å²) in [6.07, 6.45) is 11.6. The fraction of sp³-hybridized carbons (Fsp3) is 0.875. The van der Waals surface area contributed by atoms with Crippen LogP contribution in [0.15, 0.2) is 0 Å². The third-order valence-electron chi connectivity index (χ3n) is 13.2. The molecule has 50 heavy (non-hydrogen) atoms. The van der Waals surface area contributed by atoms with E-state index in [1.165, 1.54) is 6.42 Å². The van der Waals surface area contributed by atoms with Crippen LogP contribution in [-0.4, -0.2) is 90.0 Å². The number of carbonyl (C=O) groups is 3. The summed E-state index contributed by atoms with van der Waals surface area (Å²) in [6.45, 7) is 1.77. The van der Waals surface area contributed by atoms with Crippen molar-refractivity contribution in [2.75, 3.05) is 20.2 Å². The standard InChI is InChI=1S/C40H65N3O7/c1-50-39-20-29-9-13-37(48)33(36(47)5-3-2-4-25-18-30-7-11-32(46)22-35(30)43-24-25)12-8-26(34(29)23-38(39)49)6-10-31(45)19-28(15-17-44)27-14-16-42-40(41)21-27/h17,25-31,33-36,38-40,42-43,45,47,49H,2-7,9-11,13-16,18-24,41H2,1H3. The normalized spacial score (nSPS) is 38.2. The first-order valence-corrected chi connectivity index (χ1v) is 19.9. The number of methoxy groups -OCH3 is 1. The third kappa shape index (κ3) is 10.9. The lowest BCUT2D eigenvalue weighted by Crippen LogP contribution is -2.48. The van der Waals surface area contributed by atoms with Gasteiger partial charge in [-0.1, -0.05) is 24.7 Å². The Bertz CT molecular complexity index is 1170. The summed E-state index contributed by atoms with van der Waals surface area (Å²) in [5.41, 5.74) is 6.15. The molecule has 2 saturated heterocycles. The summed E-state index contributed by atoms with van der Waals surface area (Å²) in [5, 5.41) is 40.4. The predicted molar refractivity (Wildman–Crippen MR) is 191 cm³/mol. The number of rotatable bonds is 15. The molecule has 2 aliphatic heterocycles. The average molecular weight is 700 g/mol. The first-order chi connectivity index (χ1) is 24.1.